The zero-order valence-electron chi connectivity index (χ0n) is 15.1. The van der Waals surface area contributed by atoms with Crippen molar-refractivity contribution in [3.63, 3.8) is 0 Å². The molecule has 0 bridgehead atoms. The van der Waals surface area contributed by atoms with E-state index >= 15 is 0 Å². The van der Waals surface area contributed by atoms with Gasteiger partial charge in [-0.3, -0.25) is 0 Å². The summed E-state index contributed by atoms with van der Waals surface area (Å²) in [6, 6.07) is 25.6. The van der Waals surface area contributed by atoms with Crippen LogP contribution >= 0.6 is 0 Å². The second-order valence-corrected chi connectivity index (χ2v) is 5.94. The minimum absolute atomic E-state index is 0. The van der Waals surface area contributed by atoms with Crippen LogP contribution in [0.1, 0.15) is 11.1 Å². The molecule has 3 N–H and O–H groups in total. The van der Waals surface area contributed by atoms with Crippen LogP contribution in [0.3, 0.4) is 0 Å². The number of nitrogens with zero attached hydrogens (tertiary/aromatic N) is 3. The Kier molecular flexibility index (Phi) is 6.33. The minimum atomic E-state index is 0. The van der Waals surface area contributed by atoms with Crippen molar-refractivity contribution in [3.8, 4) is 22.9 Å². The lowest BCUT2D eigenvalue weighted by Crippen LogP contribution is -2.00. The molecule has 0 saturated heterocycles. The molecule has 28 heavy (non-hydrogen) atoms. The van der Waals surface area contributed by atoms with Gasteiger partial charge in [0, 0.05) is 6.07 Å². The topological polar surface area (TPSA) is 104 Å². The third-order valence-electron chi connectivity index (χ3n) is 4.02. The minimum Gasteiger partial charge on any atom is -0.489 e. The smallest absolute Gasteiger partial charge is 0.208 e. The zero-order chi connectivity index (χ0) is 18.3. The van der Waals surface area contributed by atoms with Gasteiger partial charge < -0.3 is 14.9 Å². The Bertz CT molecular complexity index is 977. The molecule has 7 nitrogen and oxygen atoms in total. The average molecular weight is 376 g/mol. The van der Waals surface area contributed by atoms with Crippen LogP contribution in [0.2, 0.25) is 0 Å². The summed E-state index contributed by atoms with van der Waals surface area (Å²) in [6.45, 7) is 0.925. The van der Waals surface area contributed by atoms with Gasteiger partial charge in [-0.15, -0.1) is 10.2 Å². The first-order valence-electron chi connectivity index (χ1n) is 8.60. The molecule has 7 heteroatoms. The number of nitrogens with one attached hydrogen (secondary N) is 1. The van der Waals surface area contributed by atoms with Crippen LogP contribution in [-0.4, -0.2) is 26.1 Å². The summed E-state index contributed by atoms with van der Waals surface area (Å²) < 4.78 is 12.0. The molecule has 0 aliphatic carbocycles. The molecule has 0 amide bonds. The van der Waals surface area contributed by atoms with Crippen molar-refractivity contribution in [2.75, 3.05) is 0 Å². The number of ether oxygens (including phenoxy) is 2. The lowest BCUT2D eigenvalue weighted by molar-refractivity contribution is 0.290. The first kappa shape index (κ1) is 19.1. The Balaban J connectivity index is 0.00000225. The largest absolute Gasteiger partial charge is 0.489 e. The van der Waals surface area contributed by atoms with E-state index in [1.807, 2.05) is 78.9 Å². The summed E-state index contributed by atoms with van der Waals surface area (Å²) in [4.78, 5) is 0. The number of aromatic nitrogens is 4. The van der Waals surface area contributed by atoms with Crippen molar-refractivity contribution in [1.82, 2.24) is 20.6 Å². The molecule has 0 unspecified atom stereocenters. The van der Waals surface area contributed by atoms with Crippen molar-refractivity contribution < 1.29 is 14.9 Å². The second kappa shape index (κ2) is 9.29. The molecule has 4 aromatic rings. The van der Waals surface area contributed by atoms with Gasteiger partial charge in [-0.2, -0.15) is 5.21 Å². The lowest BCUT2D eigenvalue weighted by Gasteiger charge is -2.13. The average Bonchev–Trinajstić information content (AvgIpc) is 3.27. The molecule has 1 heterocycles. The predicted octanol–water partition coefficient (Wildman–Crippen LogP) is 3.20. The van der Waals surface area contributed by atoms with E-state index in [1.54, 1.807) is 0 Å². The van der Waals surface area contributed by atoms with Crippen LogP contribution in [0.4, 0.5) is 0 Å². The van der Waals surface area contributed by atoms with Crippen molar-refractivity contribution in [2.45, 2.75) is 13.2 Å². The standard InChI is InChI=1S/C21H18N4O2.H2O/c1-3-7-16(8-4-1)14-26-18-11-12-19(21-22-24-25-23-21)20(13-18)27-15-17-9-5-2-6-10-17;/h1-13H,14-15H2,(H,22,23,24,25);1H2. The Labute approximate surface area is 162 Å². The van der Waals surface area contributed by atoms with E-state index in [1.165, 1.54) is 0 Å². The molecule has 0 atom stereocenters. The van der Waals surface area contributed by atoms with E-state index in [-0.39, 0.29) is 5.48 Å². The van der Waals surface area contributed by atoms with Crippen LogP contribution in [0.5, 0.6) is 11.5 Å². The van der Waals surface area contributed by atoms with Crippen molar-refractivity contribution in [3.05, 3.63) is 90.0 Å². The Morgan fingerprint density at radius 2 is 1.39 bits per heavy atom. The summed E-state index contributed by atoms with van der Waals surface area (Å²) in [7, 11) is 0. The molecule has 3 aromatic carbocycles. The van der Waals surface area contributed by atoms with E-state index in [9.17, 15) is 0 Å². The lowest BCUT2D eigenvalue weighted by atomic mass is 10.1. The van der Waals surface area contributed by atoms with Gasteiger partial charge in [0.1, 0.15) is 24.7 Å². The molecular weight excluding hydrogens is 356 g/mol. The maximum absolute atomic E-state index is 6.04. The molecular formula is C21H20N4O3. The van der Waals surface area contributed by atoms with Crippen molar-refractivity contribution in [2.24, 2.45) is 0 Å². The number of benzene rings is 3. The van der Waals surface area contributed by atoms with E-state index in [0.29, 0.717) is 30.5 Å². The van der Waals surface area contributed by atoms with Gasteiger partial charge in [-0.1, -0.05) is 60.7 Å². The highest BCUT2D eigenvalue weighted by atomic mass is 16.5. The van der Waals surface area contributed by atoms with Crippen LogP contribution in [0, 0.1) is 0 Å². The van der Waals surface area contributed by atoms with Gasteiger partial charge >= 0.3 is 0 Å². The number of tetrazole rings is 1. The van der Waals surface area contributed by atoms with Gasteiger partial charge in [0.2, 0.25) is 5.82 Å². The Morgan fingerprint density at radius 3 is 2.00 bits per heavy atom. The molecule has 0 radical (unpaired) electrons. The van der Waals surface area contributed by atoms with Gasteiger partial charge in [-0.05, 0) is 28.5 Å². The fraction of sp³-hybridized carbons (Fsp3) is 0.0952. The van der Waals surface area contributed by atoms with Gasteiger partial charge in [-0.25, -0.2) is 0 Å². The summed E-state index contributed by atoms with van der Waals surface area (Å²) >= 11 is 0. The molecule has 4 rings (SSSR count). The fourth-order valence-corrected chi connectivity index (χ4v) is 2.65. The summed E-state index contributed by atoms with van der Waals surface area (Å²) in [5.74, 6) is 1.84. The molecule has 1 aromatic heterocycles. The number of aromatic amines is 1. The number of hydrogen-bond acceptors (Lipinski definition) is 5. The summed E-state index contributed by atoms with van der Waals surface area (Å²) in [5, 5.41) is 14.2. The predicted molar refractivity (Wildman–Crippen MR) is 105 cm³/mol. The number of rotatable bonds is 7. The highest BCUT2D eigenvalue weighted by Gasteiger charge is 2.13. The maximum Gasteiger partial charge on any atom is 0.208 e. The fourth-order valence-electron chi connectivity index (χ4n) is 2.65. The first-order chi connectivity index (χ1) is 13.4. The molecule has 0 aliphatic rings. The van der Waals surface area contributed by atoms with E-state index in [0.717, 1.165) is 16.7 Å². The van der Waals surface area contributed by atoms with Gasteiger partial charge in [0.25, 0.3) is 0 Å². The molecule has 0 spiro atoms. The van der Waals surface area contributed by atoms with E-state index in [2.05, 4.69) is 20.6 Å². The molecule has 0 aliphatic heterocycles. The maximum atomic E-state index is 6.04. The third-order valence-corrected chi connectivity index (χ3v) is 4.02. The third kappa shape index (κ3) is 4.72. The zero-order valence-corrected chi connectivity index (χ0v) is 15.1. The highest BCUT2D eigenvalue weighted by Crippen LogP contribution is 2.32. The first-order valence-corrected chi connectivity index (χ1v) is 8.60. The van der Waals surface area contributed by atoms with Crippen LogP contribution in [0.15, 0.2) is 78.9 Å². The number of hydrogen-bond donors (Lipinski definition) is 1. The van der Waals surface area contributed by atoms with Crippen LogP contribution in [-0.2, 0) is 13.2 Å². The normalized spacial score (nSPS) is 10.1. The van der Waals surface area contributed by atoms with Crippen LogP contribution < -0.4 is 9.47 Å². The summed E-state index contributed by atoms with van der Waals surface area (Å²) in [5.41, 5.74) is 2.94. The van der Waals surface area contributed by atoms with Crippen LogP contribution in [0.25, 0.3) is 11.4 Å². The van der Waals surface area contributed by atoms with E-state index in [4.69, 9.17) is 9.47 Å². The second-order valence-electron chi connectivity index (χ2n) is 5.94. The van der Waals surface area contributed by atoms with Gasteiger partial charge in [0.15, 0.2) is 0 Å². The summed E-state index contributed by atoms with van der Waals surface area (Å²) in [6.07, 6.45) is 0. The van der Waals surface area contributed by atoms with Crippen molar-refractivity contribution in [1.29, 1.82) is 0 Å². The van der Waals surface area contributed by atoms with Gasteiger partial charge in [0.05, 0.1) is 5.56 Å². The molecule has 0 fully saturated rings. The SMILES string of the molecule is O.c1ccc(COc2ccc(-c3nn[nH]n3)c(OCc3ccccc3)c2)cc1. The quantitative estimate of drug-likeness (QED) is 0.533. The van der Waals surface area contributed by atoms with E-state index < -0.39 is 0 Å². The Hall–Kier alpha value is -3.71. The van der Waals surface area contributed by atoms with Crippen molar-refractivity contribution >= 4 is 0 Å². The highest BCUT2D eigenvalue weighted by molar-refractivity contribution is 5.65. The monoisotopic (exact) mass is 376 g/mol. The Morgan fingerprint density at radius 1 is 0.750 bits per heavy atom. The number of H-pyrrole nitrogens is 1. The molecule has 0 saturated carbocycles. The molecule has 142 valence electrons.